The molecule has 0 atom stereocenters. The largest absolute Gasteiger partial charge is 0.457 e. The van der Waals surface area contributed by atoms with Gasteiger partial charge < -0.3 is 14.5 Å². The van der Waals surface area contributed by atoms with E-state index in [1.807, 2.05) is 45.0 Å². The summed E-state index contributed by atoms with van der Waals surface area (Å²) in [6.45, 7) is 32.6. The number of benzene rings is 8. The molecular weight excluding hydrogens is 1000 g/mol. The van der Waals surface area contributed by atoms with Crippen LogP contribution in [0.15, 0.2) is 176 Å². The van der Waals surface area contributed by atoms with Gasteiger partial charge in [-0.2, -0.15) is 0 Å². The summed E-state index contributed by atoms with van der Waals surface area (Å²) >= 11 is 1.78. The van der Waals surface area contributed by atoms with Gasteiger partial charge in [0.25, 0.3) is 0 Å². The molecule has 0 radical (unpaired) electrons. The molecular formula is C75H78N4OS. The number of thiophene rings is 1. The van der Waals surface area contributed by atoms with Crippen LogP contribution < -0.4 is 14.5 Å². The highest BCUT2D eigenvalue weighted by Crippen LogP contribution is 2.53. The fourth-order valence-electron chi connectivity index (χ4n) is 11.4. The number of ether oxygens (including phenoxy) is 1. The second kappa shape index (κ2) is 19.5. The molecule has 0 saturated carbocycles. The molecule has 11 aromatic rings. The van der Waals surface area contributed by atoms with Gasteiger partial charge in [0.05, 0.1) is 34.9 Å². The molecule has 12 rings (SSSR count). The number of aromatic nitrogens is 2. The van der Waals surface area contributed by atoms with E-state index in [1.165, 1.54) is 31.3 Å². The van der Waals surface area contributed by atoms with Crippen molar-refractivity contribution in [3.8, 4) is 39.6 Å². The van der Waals surface area contributed by atoms with Crippen LogP contribution in [0.2, 0.25) is 0 Å². The molecule has 0 unspecified atom stereocenters. The predicted octanol–water partition coefficient (Wildman–Crippen LogP) is 21.7. The van der Waals surface area contributed by atoms with Crippen molar-refractivity contribution in [1.82, 2.24) is 9.55 Å². The van der Waals surface area contributed by atoms with Gasteiger partial charge in [0, 0.05) is 68.8 Å². The number of hydrogen-bond acceptors (Lipinski definition) is 5. The normalized spacial score (nSPS) is 15.0. The molecule has 8 aromatic carbocycles. The van der Waals surface area contributed by atoms with Crippen LogP contribution in [0.1, 0.15) is 141 Å². The SMILES string of the molecule is [2H]c1c([2H])c([2H])c(-c2cc(C(C)(C)C)cc(-c3cc(C(C)(C)C)cc(C(C)(C)C)c3)c2N2CN(c3cc(Oc4ccc5c6c7sc8ccccc8c7ccc6n(-c6cc(C([2H])([2H])C(C)(C)C)ccn6)c5c4)cc(C(C)(C)C)c3)c3ccccc32)c([2H])c1[2H]. The molecule has 6 heteroatoms. The van der Waals surface area contributed by atoms with Crippen molar-refractivity contribution in [2.45, 2.75) is 132 Å². The lowest BCUT2D eigenvalue weighted by Crippen LogP contribution is -2.26. The number of nitrogens with zero attached hydrogens (tertiary/aromatic N) is 4. The summed E-state index contributed by atoms with van der Waals surface area (Å²) in [5, 5.41) is 4.51. The monoisotopic (exact) mass is 1090 g/mol. The first-order valence-corrected chi connectivity index (χ1v) is 29.2. The molecule has 3 aromatic heterocycles. The first kappa shape index (κ1) is 46.0. The van der Waals surface area contributed by atoms with E-state index in [1.54, 1.807) is 23.6 Å². The van der Waals surface area contributed by atoms with E-state index < -0.39 is 23.2 Å². The van der Waals surface area contributed by atoms with Crippen molar-refractivity contribution < 1.29 is 14.3 Å². The third-order valence-electron chi connectivity index (χ3n) is 15.8. The fourth-order valence-corrected chi connectivity index (χ4v) is 12.7. The second-order valence-corrected chi connectivity index (χ2v) is 28.3. The molecule has 4 heterocycles. The maximum absolute atomic E-state index is 9.59. The topological polar surface area (TPSA) is 33.5 Å². The fraction of sp³-hybridized carbons (Fsp3) is 0.293. The highest BCUT2D eigenvalue weighted by molar-refractivity contribution is 7.26. The van der Waals surface area contributed by atoms with Gasteiger partial charge >= 0.3 is 0 Å². The van der Waals surface area contributed by atoms with Crippen LogP contribution in [-0.4, -0.2) is 16.2 Å². The van der Waals surface area contributed by atoms with E-state index in [4.69, 9.17) is 13.8 Å². The van der Waals surface area contributed by atoms with Crippen LogP contribution in [0, 0.1) is 5.41 Å². The predicted molar refractivity (Wildman–Crippen MR) is 349 cm³/mol. The Morgan fingerprint density at radius 2 is 1.14 bits per heavy atom. The summed E-state index contributed by atoms with van der Waals surface area (Å²) in [5.41, 5.74) is 10.9. The van der Waals surface area contributed by atoms with E-state index >= 15 is 0 Å². The molecule has 0 N–H and O–H groups in total. The molecule has 0 saturated heterocycles. The van der Waals surface area contributed by atoms with E-state index in [9.17, 15) is 5.48 Å². The van der Waals surface area contributed by atoms with Crippen molar-refractivity contribution in [3.63, 3.8) is 0 Å². The maximum atomic E-state index is 9.59. The van der Waals surface area contributed by atoms with E-state index in [2.05, 4.69) is 207 Å². The van der Waals surface area contributed by atoms with Gasteiger partial charge in [-0.25, -0.2) is 4.98 Å². The van der Waals surface area contributed by atoms with Crippen LogP contribution in [0.4, 0.5) is 22.7 Å². The summed E-state index contributed by atoms with van der Waals surface area (Å²) < 4.78 is 76.3. The third kappa shape index (κ3) is 10.2. The minimum absolute atomic E-state index is 0.149. The van der Waals surface area contributed by atoms with Crippen molar-refractivity contribution >= 4 is 76.1 Å². The van der Waals surface area contributed by atoms with Gasteiger partial charge in [0.15, 0.2) is 0 Å². The maximum Gasteiger partial charge on any atom is 0.137 e. The van der Waals surface area contributed by atoms with Crippen molar-refractivity contribution in [1.29, 1.82) is 0 Å². The van der Waals surface area contributed by atoms with Gasteiger partial charge in [-0.3, -0.25) is 4.57 Å². The molecule has 81 heavy (non-hydrogen) atoms. The lowest BCUT2D eigenvalue weighted by atomic mass is 9.77. The van der Waals surface area contributed by atoms with Crippen molar-refractivity contribution in [3.05, 3.63) is 204 Å². The molecule has 0 bridgehead atoms. The average molecular weight is 1090 g/mol. The zero-order chi connectivity index (χ0) is 63.3. The summed E-state index contributed by atoms with van der Waals surface area (Å²) in [4.78, 5) is 9.53. The summed E-state index contributed by atoms with van der Waals surface area (Å²) in [6.07, 6.45) is 0.0616. The molecule has 0 amide bonds. The van der Waals surface area contributed by atoms with Crippen molar-refractivity contribution in [2.75, 3.05) is 16.5 Å². The summed E-state index contributed by atoms with van der Waals surface area (Å²) in [7, 11) is 0. The Morgan fingerprint density at radius 1 is 0.531 bits per heavy atom. The number of para-hydroxylation sites is 2. The Balaban J connectivity index is 1.05. The van der Waals surface area contributed by atoms with Crippen molar-refractivity contribution in [2.24, 2.45) is 5.41 Å². The zero-order valence-electron chi connectivity index (χ0n) is 56.7. The first-order chi connectivity index (χ1) is 41.1. The molecule has 1 aliphatic rings. The number of anilines is 4. The van der Waals surface area contributed by atoms with Crippen LogP contribution in [0.3, 0.4) is 0 Å². The Bertz CT molecular complexity index is 4600. The van der Waals surface area contributed by atoms with Crippen LogP contribution in [-0.2, 0) is 28.0 Å². The number of rotatable bonds is 8. The van der Waals surface area contributed by atoms with Gasteiger partial charge in [-0.15, -0.1) is 11.3 Å². The lowest BCUT2D eigenvalue weighted by Gasteiger charge is -2.32. The third-order valence-corrected chi connectivity index (χ3v) is 17.0. The Hall–Kier alpha value is -7.67. The van der Waals surface area contributed by atoms with Gasteiger partial charge in [0.2, 0.25) is 0 Å². The lowest BCUT2D eigenvalue weighted by molar-refractivity contribution is 0.411. The summed E-state index contributed by atoms with van der Waals surface area (Å²) in [6, 6.07) is 47.1. The molecule has 0 spiro atoms. The average Bonchev–Trinajstić information content (AvgIpc) is 1.55. The second-order valence-electron chi connectivity index (χ2n) is 27.2. The molecule has 0 fully saturated rings. The van der Waals surface area contributed by atoms with E-state index in [-0.39, 0.29) is 46.0 Å². The minimum Gasteiger partial charge on any atom is -0.457 e. The number of pyridine rings is 1. The quantitative estimate of drug-likeness (QED) is 0.152. The zero-order valence-corrected chi connectivity index (χ0v) is 50.5. The van der Waals surface area contributed by atoms with E-state index in [0.29, 0.717) is 35.1 Å². The molecule has 1 aliphatic heterocycles. The molecule has 410 valence electrons. The Morgan fingerprint density at radius 3 is 1.80 bits per heavy atom. The van der Waals surface area contributed by atoms with Gasteiger partial charge in [-0.05, 0) is 145 Å². The van der Waals surface area contributed by atoms with Crippen LogP contribution >= 0.6 is 11.3 Å². The Labute approximate surface area is 494 Å². The highest BCUT2D eigenvalue weighted by Gasteiger charge is 2.35. The highest BCUT2D eigenvalue weighted by atomic mass is 32.1. The number of fused-ring (bicyclic) bond motifs is 8. The number of hydrogen-bond donors (Lipinski definition) is 0. The molecule has 5 nitrogen and oxygen atoms in total. The van der Waals surface area contributed by atoms with Crippen LogP contribution in [0.25, 0.3) is 70.0 Å². The smallest absolute Gasteiger partial charge is 0.137 e. The van der Waals surface area contributed by atoms with E-state index in [0.717, 1.165) is 66.8 Å². The van der Waals surface area contributed by atoms with Gasteiger partial charge in [0.1, 0.15) is 24.0 Å². The first-order valence-electron chi connectivity index (χ1n) is 31.9. The molecule has 0 aliphatic carbocycles. The summed E-state index contributed by atoms with van der Waals surface area (Å²) in [5.74, 6) is 1.86. The standard InChI is InChI=1S/C75H78N4OS/c1-71(2,3)45-47-33-34-76-67(35-47)79-64-32-31-58-57-25-19-22-28-66(57)81-70(58)68(64)59-30-29-55(44-65(59)79)80-56-40-52(74(10,11)12)39-54(43-56)77-46-78(63-27-21-20-26-62(63)77)69-60(48-23-17-16-18-24-48)41-53(75(13,14)15)42-61(69)49-36-50(72(4,5)6)38-51(37-49)73(7,8)9/h16-44H,45-46H2,1-15H3/i16D,17D,18D,23D,24D,45D2. The minimum atomic E-state index is -1.65. The Kier molecular flexibility index (Phi) is 11.1. The van der Waals surface area contributed by atoms with Crippen LogP contribution in [0.5, 0.6) is 11.5 Å². The van der Waals surface area contributed by atoms with Gasteiger partial charge in [-0.1, -0.05) is 189 Å².